The lowest BCUT2D eigenvalue weighted by atomic mass is 9.41. The molecule has 8 nitrogen and oxygen atoms in total. The van der Waals surface area contributed by atoms with Crippen LogP contribution in [0.15, 0.2) is 12.2 Å². The molecule has 2 spiro atoms. The van der Waals surface area contributed by atoms with Gasteiger partial charge in [0, 0.05) is 23.9 Å². The van der Waals surface area contributed by atoms with Gasteiger partial charge < -0.3 is 35.1 Å². The quantitative estimate of drug-likeness (QED) is 0.268. The number of fused-ring (bicyclic) bond motifs is 4. The van der Waals surface area contributed by atoms with Crippen LogP contribution in [0.25, 0.3) is 0 Å². The molecule has 0 aromatic rings. The highest BCUT2D eigenvalue weighted by atomic mass is 16.6. The van der Waals surface area contributed by atoms with Crippen molar-refractivity contribution in [3.05, 3.63) is 12.2 Å². The van der Waals surface area contributed by atoms with Gasteiger partial charge in [0.25, 0.3) is 0 Å². The van der Waals surface area contributed by atoms with Crippen LogP contribution in [0.3, 0.4) is 0 Å². The predicted octanol–water partition coefficient (Wildman–Crippen LogP) is 5.60. The van der Waals surface area contributed by atoms with Crippen LogP contribution in [-0.4, -0.2) is 78.2 Å². The zero-order valence-corrected chi connectivity index (χ0v) is 29.8. The summed E-state index contributed by atoms with van der Waals surface area (Å²) in [5, 5.41) is 30.0. The predicted molar refractivity (Wildman–Crippen MR) is 177 cm³/mol. The molecule has 7 aliphatic rings. The van der Waals surface area contributed by atoms with Crippen molar-refractivity contribution >= 4 is 6.09 Å². The standard InChI is InChI=1S/C38H62N2O6/c1-21(2)19-44-31(34(6,7)43)24-16-22(3)28-29(45-24)30(41)36(9)26-11-10-25-33(4,5)27(46-32(42)40-23-17-39-18-23)12-13-37(25)20-38(26,37)15-14-35(28,36)8/h22-31,39,41,43H,1,10-20H2,2-9H3,(H,40,42)/t22-,24?,25+,26?,27?,28+,29?,30+,31+,35-,36-,37-,38+/m1/s1. The van der Waals surface area contributed by atoms with Crippen LogP contribution in [0.5, 0.6) is 0 Å². The summed E-state index contributed by atoms with van der Waals surface area (Å²) in [6, 6.07) is 0.179. The number of hydrogen-bond acceptors (Lipinski definition) is 7. The number of amides is 1. The van der Waals surface area contributed by atoms with Gasteiger partial charge in [-0.2, -0.15) is 0 Å². The van der Waals surface area contributed by atoms with Gasteiger partial charge >= 0.3 is 6.09 Å². The van der Waals surface area contributed by atoms with Gasteiger partial charge in [-0.1, -0.05) is 46.8 Å². The highest BCUT2D eigenvalue weighted by Crippen LogP contribution is 2.89. The van der Waals surface area contributed by atoms with E-state index in [1.807, 2.05) is 6.92 Å². The van der Waals surface area contributed by atoms with Gasteiger partial charge in [-0.25, -0.2) is 4.79 Å². The molecule has 0 aromatic heterocycles. The van der Waals surface area contributed by atoms with Crippen molar-refractivity contribution in [2.45, 2.75) is 149 Å². The lowest BCUT2D eigenvalue weighted by Gasteiger charge is -2.63. The van der Waals surface area contributed by atoms with E-state index in [4.69, 9.17) is 14.2 Å². The fourth-order valence-corrected chi connectivity index (χ4v) is 13.4. The largest absolute Gasteiger partial charge is 0.446 e. The molecule has 8 heteroatoms. The van der Waals surface area contributed by atoms with Crippen molar-refractivity contribution < 1.29 is 29.2 Å². The smallest absolute Gasteiger partial charge is 0.407 e. The van der Waals surface area contributed by atoms with Gasteiger partial charge in [0.1, 0.15) is 12.2 Å². The van der Waals surface area contributed by atoms with Gasteiger partial charge in [0.2, 0.25) is 0 Å². The van der Waals surface area contributed by atoms with Crippen molar-refractivity contribution in [3.63, 3.8) is 0 Å². The molecule has 0 bridgehead atoms. The third-order valence-corrected chi connectivity index (χ3v) is 15.7. The number of hydrogen-bond donors (Lipinski definition) is 4. The summed E-state index contributed by atoms with van der Waals surface area (Å²) in [5.41, 5.74) is -0.0279. The van der Waals surface area contributed by atoms with Crippen molar-refractivity contribution in [1.82, 2.24) is 10.6 Å². The highest BCUT2D eigenvalue weighted by molar-refractivity contribution is 5.68. The van der Waals surface area contributed by atoms with E-state index < -0.39 is 17.8 Å². The summed E-state index contributed by atoms with van der Waals surface area (Å²) < 4.78 is 19.4. The number of carbonyl (C=O) groups excluding carboxylic acids is 1. The topological polar surface area (TPSA) is 109 Å². The fraction of sp³-hybridized carbons (Fsp3) is 0.921. The summed E-state index contributed by atoms with van der Waals surface area (Å²) in [7, 11) is 0. The maximum Gasteiger partial charge on any atom is 0.407 e. The minimum atomic E-state index is -1.08. The Bertz CT molecular complexity index is 1240. The molecule has 2 saturated heterocycles. The minimum absolute atomic E-state index is 0.0267. The van der Waals surface area contributed by atoms with Gasteiger partial charge in [-0.05, 0) is 112 Å². The molecule has 5 aliphatic carbocycles. The zero-order chi connectivity index (χ0) is 33.2. The Morgan fingerprint density at radius 3 is 2.39 bits per heavy atom. The average Bonchev–Trinajstić information content (AvgIpc) is 3.56. The SMILES string of the molecule is C=C(C)CO[C@@H](C1C[C@@H](C)[C@H]2C(O1)[C@H](O)[C@@]1(C)C3CC[C@H]4C(C)(C)C(OC(=O)NC5CNC5)CC[C@@]45C[C@@]35CC[C@]21C)C(C)(C)O. The molecule has 2 aliphatic heterocycles. The molecule has 5 saturated carbocycles. The first-order valence-corrected chi connectivity index (χ1v) is 18.4. The summed E-state index contributed by atoms with van der Waals surface area (Å²) in [5.74, 6) is 1.56. The number of aliphatic hydroxyl groups excluding tert-OH is 1. The highest BCUT2D eigenvalue weighted by Gasteiger charge is 2.84. The van der Waals surface area contributed by atoms with Crippen molar-refractivity contribution in [1.29, 1.82) is 0 Å². The Balaban J connectivity index is 1.13. The second-order valence-electron chi connectivity index (χ2n) is 18.8. The van der Waals surface area contributed by atoms with Gasteiger partial charge in [-0.15, -0.1) is 0 Å². The third-order valence-electron chi connectivity index (χ3n) is 15.7. The normalized spacial score (nSPS) is 49.6. The molecular formula is C38H62N2O6. The van der Waals surface area contributed by atoms with E-state index in [1.165, 1.54) is 12.8 Å². The first kappa shape index (κ1) is 33.3. The van der Waals surface area contributed by atoms with Crippen LogP contribution in [0, 0.1) is 50.7 Å². The lowest BCUT2D eigenvalue weighted by molar-refractivity contribution is -0.214. The molecule has 13 atom stereocenters. The monoisotopic (exact) mass is 642 g/mol. The Kier molecular flexibility index (Phi) is 7.72. The average molecular weight is 643 g/mol. The number of rotatable bonds is 7. The Morgan fingerprint density at radius 2 is 1.76 bits per heavy atom. The summed E-state index contributed by atoms with van der Waals surface area (Å²) in [6.07, 6.45) is 6.69. The van der Waals surface area contributed by atoms with Gasteiger partial charge in [0.05, 0.1) is 36.6 Å². The van der Waals surface area contributed by atoms with Gasteiger partial charge in [0.15, 0.2) is 0 Å². The molecule has 260 valence electrons. The van der Waals surface area contributed by atoms with E-state index in [1.54, 1.807) is 13.8 Å². The molecule has 0 radical (unpaired) electrons. The maximum absolute atomic E-state index is 12.8. The first-order chi connectivity index (χ1) is 21.4. The Hall–Kier alpha value is -1.19. The minimum Gasteiger partial charge on any atom is -0.446 e. The fourth-order valence-electron chi connectivity index (χ4n) is 13.4. The second-order valence-corrected chi connectivity index (χ2v) is 18.8. The molecule has 7 rings (SSSR count). The molecule has 2 heterocycles. The number of carbonyl (C=O) groups is 1. The zero-order valence-electron chi connectivity index (χ0n) is 29.8. The molecule has 46 heavy (non-hydrogen) atoms. The molecule has 4 N–H and O–H groups in total. The second kappa shape index (κ2) is 10.7. The van der Waals surface area contributed by atoms with Crippen LogP contribution in [0.4, 0.5) is 4.79 Å². The maximum atomic E-state index is 12.8. The van der Waals surface area contributed by atoms with E-state index in [9.17, 15) is 15.0 Å². The summed E-state index contributed by atoms with van der Waals surface area (Å²) in [6.45, 7) is 23.5. The van der Waals surface area contributed by atoms with Crippen molar-refractivity contribution in [3.8, 4) is 0 Å². The number of alkyl carbamates (subject to hydrolysis) is 1. The molecule has 1 amide bonds. The number of ether oxygens (including phenoxy) is 3. The van der Waals surface area contributed by atoms with Crippen LogP contribution in [-0.2, 0) is 14.2 Å². The van der Waals surface area contributed by atoms with Crippen LogP contribution in [0.2, 0.25) is 0 Å². The van der Waals surface area contributed by atoms with Crippen molar-refractivity contribution in [2.75, 3.05) is 19.7 Å². The van der Waals surface area contributed by atoms with E-state index in [0.717, 1.165) is 57.2 Å². The van der Waals surface area contributed by atoms with E-state index in [0.29, 0.717) is 24.4 Å². The first-order valence-electron chi connectivity index (χ1n) is 18.4. The molecular weight excluding hydrogens is 580 g/mol. The molecule has 0 aromatic carbocycles. The van der Waals surface area contributed by atoms with Crippen LogP contribution in [0.1, 0.15) is 107 Å². The molecule has 4 unspecified atom stereocenters. The Morgan fingerprint density at radius 1 is 1.09 bits per heavy atom. The van der Waals surface area contributed by atoms with Crippen LogP contribution >= 0.6 is 0 Å². The number of nitrogens with one attached hydrogen (secondary N) is 2. The van der Waals surface area contributed by atoms with E-state index in [-0.39, 0.29) is 63.4 Å². The van der Waals surface area contributed by atoms with Gasteiger partial charge in [-0.3, -0.25) is 0 Å². The van der Waals surface area contributed by atoms with E-state index >= 15 is 0 Å². The van der Waals surface area contributed by atoms with Crippen LogP contribution < -0.4 is 10.6 Å². The number of aliphatic hydroxyl groups is 2. The van der Waals surface area contributed by atoms with Crippen molar-refractivity contribution in [2.24, 2.45) is 50.7 Å². The lowest BCUT2D eigenvalue weighted by Crippen LogP contribution is -2.60. The van der Waals surface area contributed by atoms with E-state index in [2.05, 4.69) is 51.8 Å². The third kappa shape index (κ3) is 4.44. The molecule has 7 fully saturated rings. The Labute approximate surface area is 277 Å². The summed E-state index contributed by atoms with van der Waals surface area (Å²) >= 11 is 0. The summed E-state index contributed by atoms with van der Waals surface area (Å²) in [4.78, 5) is 12.8.